The van der Waals surface area contributed by atoms with Crippen LogP contribution in [0.2, 0.25) is 0 Å². The minimum absolute atomic E-state index is 0.0545. The van der Waals surface area contributed by atoms with E-state index in [2.05, 4.69) is 0 Å². The molecule has 1 aliphatic rings. The first kappa shape index (κ1) is 15.8. The monoisotopic (exact) mass is 310 g/mol. The molecule has 3 N–H and O–H groups in total. The molecular formula is C15H22N2O3S. The van der Waals surface area contributed by atoms with Gasteiger partial charge in [0.05, 0.1) is 12.0 Å². The molecule has 5 nitrogen and oxygen atoms in total. The number of rotatable bonds is 6. The Balaban J connectivity index is 2.41. The molecule has 0 aliphatic heterocycles. The molecule has 21 heavy (non-hydrogen) atoms. The second-order valence-electron chi connectivity index (χ2n) is 5.69. The van der Waals surface area contributed by atoms with E-state index in [1.807, 2.05) is 18.7 Å². The molecule has 1 heterocycles. The molecule has 116 valence electrons. The summed E-state index contributed by atoms with van der Waals surface area (Å²) in [6.07, 6.45) is 4.17. The molecule has 0 bridgehead atoms. The Morgan fingerprint density at radius 1 is 1.33 bits per heavy atom. The number of nitrogens with two attached hydrogens (primary N) is 1. The largest absolute Gasteiger partial charge is 0.481 e. The summed E-state index contributed by atoms with van der Waals surface area (Å²) in [4.78, 5) is 26.0. The molecule has 0 saturated heterocycles. The lowest BCUT2D eigenvalue weighted by Crippen LogP contribution is -2.34. The van der Waals surface area contributed by atoms with E-state index in [1.165, 1.54) is 4.88 Å². The Hall–Kier alpha value is -1.56. The van der Waals surface area contributed by atoms with E-state index in [4.69, 9.17) is 10.8 Å². The summed E-state index contributed by atoms with van der Waals surface area (Å²) in [5, 5.41) is 9.77. The van der Waals surface area contributed by atoms with Crippen LogP contribution in [0.4, 0.5) is 5.00 Å². The van der Waals surface area contributed by atoms with Gasteiger partial charge in [0, 0.05) is 17.5 Å². The zero-order valence-electron chi connectivity index (χ0n) is 12.5. The van der Waals surface area contributed by atoms with Gasteiger partial charge in [-0.05, 0) is 45.1 Å². The fraction of sp³-hybridized carbons (Fsp3) is 0.600. The number of carboxylic acids is 1. The Kier molecular flexibility index (Phi) is 4.88. The molecule has 0 spiro atoms. The summed E-state index contributed by atoms with van der Waals surface area (Å²) in [5.41, 5.74) is 7.31. The normalized spacial score (nSPS) is 14.0. The third-order valence-corrected chi connectivity index (χ3v) is 5.18. The van der Waals surface area contributed by atoms with Gasteiger partial charge in [0.1, 0.15) is 5.00 Å². The van der Waals surface area contributed by atoms with Crippen LogP contribution < -0.4 is 10.6 Å². The smallest absolute Gasteiger partial charge is 0.305 e. The molecule has 1 aliphatic carbocycles. The molecule has 2 rings (SSSR count). The van der Waals surface area contributed by atoms with Gasteiger partial charge in [-0.3, -0.25) is 9.59 Å². The van der Waals surface area contributed by atoms with E-state index in [1.54, 1.807) is 11.3 Å². The quantitative estimate of drug-likeness (QED) is 0.845. The number of hydrogen-bond donors (Lipinski definition) is 2. The summed E-state index contributed by atoms with van der Waals surface area (Å²) in [7, 11) is 0. The summed E-state index contributed by atoms with van der Waals surface area (Å²) >= 11 is 1.61. The van der Waals surface area contributed by atoms with E-state index in [0.717, 1.165) is 36.2 Å². The second kappa shape index (κ2) is 6.47. The van der Waals surface area contributed by atoms with Crippen molar-refractivity contribution < 1.29 is 14.7 Å². The number of hydrogen-bond acceptors (Lipinski definition) is 4. The van der Waals surface area contributed by atoms with Crippen LogP contribution >= 0.6 is 11.3 Å². The SMILES string of the molecule is CC(C)N(CCC(=O)O)c1sc2c(c1C(N)=O)CCCC2. The number of aryl methyl sites for hydroxylation is 1. The average molecular weight is 310 g/mol. The maximum absolute atomic E-state index is 11.9. The van der Waals surface area contributed by atoms with Crippen LogP contribution in [0, 0.1) is 0 Å². The maximum Gasteiger partial charge on any atom is 0.305 e. The molecule has 0 aromatic carbocycles. The zero-order valence-corrected chi connectivity index (χ0v) is 13.3. The van der Waals surface area contributed by atoms with E-state index in [-0.39, 0.29) is 12.5 Å². The highest BCUT2D eigenvalue weighted by Gasteiger charge is 2.28. The number of carbonyl (C=O) groups excluding carboxylic acids is 1. The van der Waals surface area contributed by atoms with Gasteiger partial charge < -0.3 is 15.7 Å². The van der Waals surface area contributed by atoms with Gasteiger partial charge in [0.15, 0.2) is 0 Å². The number of aliphatic carboxylic acids is 1. The van der Waals surface area contributed by atoms with Crippen LogP contribution in [-0.4, -0.2) is 29.6 Å². The van der Waals surface area contributed by atoms with Crippen LogP contribution in [0.5, 0.6) is 0 Å². The molecule has 0 unspecified atom stereocenters. The van der Waals surface area contributed by atoms with Crippen molar-refractivity contribution in [3.63, 3.8) is 0 Å². The Morgan fingerprint density at radius 2 is 2.00 bits per heavy atom. The number of nitrogens with zero attached hydrogens (tertiary/aromatic N) is 1. The van der Waals surface area contributed by atoms with Gasteiger partial charge >= 0.3 is 5.97 Å². The van der Waals surface area contributed by atoms with Gasteiger partial charge in [-0.25, -0.2) is 0 Å². The molecule has 6 heteroatoms. The first-order chi connectivity index (χ1) is 9.91. The molecule has 1 aromatic rings. The molecule has 0 saturated carbocycles. The van der Waals surface area contributed by atoms with Crippen LogP contribution in [0.15, 0.2) is 0 Å². The molecule has 0 atom stereocenters. The maximum atomic E-state index is 11.9. The number of carbonyl (C=O) groups is 2. The van der Waals surface area contributed by atoms with Gasteiger partial charge in [-0.15, -0.1) is 11.3 Å². The highest BCUT2D eigenvalue weighted by atomic mass is 32.1. The topological polar surface area (TPSA) is 83.6 Å². The van der Waals surface area contributed by atoms with E-state index in [9.17, 15) is 9.59 Å². The van der Waals surface area contributed by atoms with Crippen LogP contribution in [0.25, 0.3) is 0 Å². The molecular weight excluding hydrogens is 288 g/mol. The van der Waals surface area contributed by atoms with Crippen molar-refractivity contribution in [3.05, 3.63) is 16.0 Å². The van der Waals surface area contributed by atoms with Crippen molar-refractivity contribution in [2.24, 2.45) is 5.73 Å². The van der Waals surface area contributed by atoms with Crippen LogP contribution in [0.1, 0.15) is 53.9 Å². The first-order valence-electron chi connectivity index (χ1n) is 7.34. The lowest BCUT2D eigenvalue weighted by molar-refractivity contribution is -0.136. The van der Waals surface area contributed by atoms with Gasteiger partial charge in [0.2, 0.25) is 0 Å². The van der Waals surface area contributed by atoms with Crippen molar-refractivity contribution in [1.29, 1.82) is 0 Å². The highest BCUT2D eigenvalue weighted by molar-refractivity contribution is 7.16. The van der Waals surface area contributed by atoms with Crippen molar-refractivity contribution in [3.8, 4) is 0 Å². The minimum atomic E-state index is -0.831. The first-order valence-corrected chi connectivity index (χ1v) is 8.16. The van der Waals surface area contributed by atoms with Crippen molar-refractivity contribution in [2.45, 2.75) is 52.0 Å². The molecule has 0 fully saturated rings. The Labute approximate surface area is 128 Å². The van der Waals surface area contributed by atoms with Crippen LogP contribution in [0.3, 0.4) is 0 Å². The Bertz CT molecular complexity index is 551. The number of amides is 1. The lowest BCUT2D eigenvalue weighted by atomic mass is 9.95. The van der Waals surface area contributed by atoms with E-state index >= 15 is 0 Å². The average Bonchev–Trinajstić information content (AvgIpc) is 2.77. The predicted molar refractivity (Wildman–Crippen MR) is 84.2 cm³/mol. The second-order valence-corrected chi connectivity index (χ2v) is 6.77. The van der Waals surface area contributed by atoms with Gasteiger partial charge in [0.25, 0.3) is 5.91 Å². The standard InChI is InChI=1S/C15H22N2O3S/c1-9(2)17(8-7-12(18)19)15-13(14(16)20)10-5-3-4-6-11(10)21-15/h9H,3-8H2,1-2H3,(H2,16,20)(H,18,19). The molecule has 1 aromatic heterocycles. The zero-order chi connectivity index (χ0) is 15.6. The van der Waals surface area contributed by atoms with Crippen molar-refractivity contribution >= 4 is 28.2 Å². The summed E-state index contributed by atoms with van der Waals surface area (Å²) < 4.78 is 0. The number of carboxylic acid groups (broad SMARTS) is 1. The highest BCUT2D eigenvalue weighted by Crippen LogP contribution is 2.40. The van der Waals surface area contributed by atoms with E-state index in [0.29, 0.717) is 12.1 Å². The van der Waals surface area contributed by atoms with Crippen LogP contribution in [-0.2, 0) is 17.6 Å². The van der Waals surface area contributed by atoms with Crippen molar-refractivity contribution in [1.82, 2.24) is 0 Å². The fourth-order valence-corrected chi connectivity index (χ4v) is 4.37. The van der Waals surface area contributed by atoms with Gasteiger partial charge in [-0.1, -0.05) is 0 Å². The third-order valence-electron chi connectivity index (χ3n) is 3.85. The number of thiophene rings is 1. The van der Waals surface area contributed by atoms with Crippen molar-refractivity contribution in [2.75, 3.05) is 11.4 Å². The van der Waals surface area contributed by atoms with Gasteiger partial charge in [-0.2, -0.15) is 0 Å². The number of anilines is 1. The van der Waals surface area contributed by atoms with E-state index < -0.39 is 11.9 Å². The predicted octanol–water partition coefficient (Wildman–Crippen LogP) is 2.42. The fourth-order valence-electron chi connectivity index (χ4n) is 2.82. The third kappa shape index (κ3) is 3.37. The summed E-state index contributed by atoms with van der Waals surface area (Å²) in [6, 6.07) is 0.127. The summed E-state index contributed by atoms with van der Waals surface area (Å²) in [5.74, 6) is -1.23. The Morgan fingerprint density at radius 3 is 2.57 bits per heavy atom. The number of primary amides is 1. The minimum Gasteiger partial charge on any atom is -0.481 e. The molecule has 0 radical (unpaired) electrons. The number of fused-ring (bicyclic) bond motifs is 1. The summed E-state index contributed by atoms with van der Waals surface area (Å²) in [6.45, 7) is 4.41. The lowest BCUT2D eigenvalue weighted by Gasteiger charge is -2.28. The molecule has 1 amide bonds.